The highest BCUT2D eigenvalue weighted by Gasteiger charge is 2.06. The van der Waals surface area contributed by atoms with Crippen LogP contribution in [0.2, 0.25) is 0 Å². The van der Waals surface area contributed by atoms with Crippen molar-refractivity contribution in [1.82, 2.24) is 0 Å². The first-order valence-electron chi connectivity index (χ1n) is 3.03. The first-order valence-corrected chi connectivity index (χ1v) is 3.03. The molecule has 0 unspecified atom stereocenters. The molecule has 0 nitrogen and oxygen atoms in total. The van der Waals surface area contributed by atoms with Crippen LogP contribution in [0.15, 0.2) is 0 Å². The fraction of sp³-hybridized carbons (Fsp3) is 0.714. The van der Waals surface area contributed by atoms with Crippen molar-refractivity contribution in [2.75, 3.05) is 0 Å². The molecule has 40 valence electrons. The molecular weight excluding hydrogens is 84.1 g/mol. The van der Waals surface area contributed by atoms with Gasteiger partial charge in [0.25, 0.3) is 0 Å². The Hall–Kier alpha value is 0. The van der Waals surface area contributed by atoms with E-state index in [9.17, 15) is 0 Å². The number of rotatable bonds is 0. The second-order valence-corrected chi connectivity index (χ2v) is 2.39. The molecule has 1 saturated carbocycles. The molecule has 0 aromatic rings. The summed E-state index contributed by atoms with van der Waals surface area (Å²) in [5.74, 6) is 0.925. The Kier molecular flexibility index (Phi) is 1.72. The summed E-state index contributed by atoms with van der Waals surface area (Å²) < 4.78 is 0. The van der Waals surface area contributed by atoms with E-state index in [0.717, 1.165) is 5.92 Å². The third-order valence-electron chi connectivity index (χ3n) is 1.47. The van der Waals surface area contributed by atoms with Gasteiger partial charge in [-0.3, -0.25) is 0 Å². The molecule has 1 aliphatic rings. The molecule has 1 fully saturated rings. The molecule has 0 spiro atoms. The second kappa shape index (κ2) is 2.34. The van der Waals surface area contributed by atoms with E-state index in [0.29, 0.717) is 0 Å². The van der Waals surface area contributed by atoms with Crippen LogP contribution < -0.4 is 0 Å². The van der Waals surface area contributed by atoms with Crippen molar-refractivity contribution in [3.05, 3.63) is 12.8 Å². The predicted molar refractivity (Wildman–Crippen MR) is 31.6 cm³/mol. The molecule has 0 aromatic carbocycles. The SMILES string of the molecule is CC1C[CH]C[CH]C1. The maximum Gasteiger partial charge on any atom is -0.0380 e. The van der Waals surface area contributed by atoms with Crippen molar-refractivity contribution in [1.29, 1.82) is 0 Å². The first kappa shape index (κ1) is 5.14. The molecule has 0 heteroatoms. The van der Waals surface area contributed by atoms with E-state index in [2.05, 4.69) is 19.8 Å². The Bertz CT molecular complexity index is 42.0. The van der Waals surface area contributed by atoms with Crippen molar-refractivity contribution >= 4 is 0 Å². The minimum atomic E-state index is 0.925. The number of hydrogen-bond donors (Lipinski definition) is 0. The molecule has 0 aromatic heterocycles. The van der Waals surface area contributed by atoms with Crippen LogP contribution in [0.4, 0.5) is 0 Å². The van der Waals surface area contributed by atoms with E-state index in [1.54, 1.807) is 0 Å². The van der Waals surface area contributed by atoms with Crippen LogP contribution in [-0.2, 0) is 0 Å². The lowest BCUT2D eigenvalue weighted by molar-refractivity contribution is 0.514. The Morgan fingerprint density at radius 2 is 1.86 bits per heavy atom. The molecule has 0 aliphatic heterocycles. The van der Waals surface area contributed by atoms with Gasteiger partial charge in [0.15, 0.2) is 0 Å². The van der Waals surface area contributed by atoms with E-state index >= 15 is 0 Å². The molecule has 7 heavy (non-hydrogen) atoms. The molecule has 0 saturated heterocycles. The van der Waals surface area contributed by atoms with E-state index in [4.69, 9.17) is 0 Å². The standard InChI is InChI=1S/C7H12/c1-7-5-3-2-4-6-7/h3-4,7H,2,5-6H2,1H3. The van der Waals surface area contributed by atoms with Gasteiger partial charge in [-0.15, -0.1) is 0 Å². The van der Waals surface area contributed by atoms with Crippen LogP contribution >= 0.6 is 0 Å². The highest BCUT2D eigenvalue weighted by atomic mass is 14.1. The maximum atomic E-state index is 2.36. The summed E-state index contributed by atoms with van der Waals surface area (Å²) in [6.45, 7) is 2.30. The third kappa shape index (κ3) is 1.50. The molecule has 0 bridgehead atoms. The summed E-state index contributed by atoms with van der Waals surface area (Å²) in [5, 5.41) is 0. The molecule has 0 atom stereocenters. The topological polar surface area (TPSA) is 0 Å². The quantitative estimate of drug-likeness (QED) is 0.433. The molecule has 0 amide bonds. The van der Waals surface area contributed by atoms with Gasteiger partial charge >= 0.3 is 0 Å². The van der Waals surface area contributed by atoms with Gasteiger partial charge < -0.3 is 0 Å². The van der Waals surface area contributed by atoms with Crippen LogP contribution in [-0.4, -0.2) is 0 Å². The maximum absolute atomic E-state index is 2.36. The molecule has 0 N–H and O–H groups in total. The highest BCUT2D eigenvalue weighted by Crippen LogP contribution is 2.20. The summed E-state index contributed by atoms with van der Waals surface area (Å²) in [5.41, 5.74) is 0. The normalized spacial score (nSPS) is 25.3. The number of hydrogen-bond acceptors (Lipinski definition) is 0. The van der Waals surface area contributed by atoms with E-state index < -0.39 is 0 Å². The van der Waals surface area contributed by atoms with Gasteiger partial charge in [0.05, 0.1) is 0 Å². The Morgan fingerprint density at radius 1 is 1.29 bits per heavy atom. The van der Waals surface area contributed by atoms with Gasteiger partial charge in [-0.2, -0.15) is 0 Å². The average molecular weight is 96.2 g/mol. The molecule has 0 heterocycles. The lowest BCUT2D eigenvalue weighted by atomic mass is 9.91. The average Bonchev–Trinajstić information content (AvgIpc) is 1.69. The van der Waals surface area contributed by atoms with Gasteiger partial charge in [0.2, 0.25) is 0 Å². The minimum Gasteiger partial charge on any atom is -0.0625 e. The zero-order valence-corrected chi connectivity index (χ0v) is 4.85. The van der Waals surface area contributed by atoms with E-state index in [1.165, 1.54) is 19.3 Å². The fourth-order valence-corrected chi connectivity index (χ4v) is 0.976. The van der Waals surface area contributed by atoms with Gasteiger partial charge in [-0.1, -0.05) is 6.92 Å². The lowest BCUT2D eigenvalue weighted by Gasteiger charge is -2.14. The molecule has 2 radical (unpaired) electrons. The van der Waals surface area contributed by atoms with Crippen molar-refractivity contribution in [2.24, 2.45) is 5.92 Å². The van der Waals surface area contributed by atoms with Crippen molar-refractivity contribution in [2.45, 2.75) is 26.2 Å². The lowest BCUT2D eigenvalue weighted by Crippen LogP contribution is -2.01. The molecule has 1 rings (SSSR count). The van der Waals surface area contributed by atoms with Gasteiger partial charge in [0, 0.05) is 0 Å². The first-order chi connectivity index (χ1) is 3.39. The van der Waals surface area contributed by atoms with Crippen LogP contribution in [0.25, 0.3) is 0 Å². The van der Waals surface area contributed by atoms with Crippen LogP contribution in [0, 0.1) is 18.8 Å². The van der Waals surface area contributed by atoms with Gasteiger partial charge in [-0.25, -0.2) is 0 Å². The largest absolute Gasteiger partial charge is 0.0625 e. The monoisotopic (exact) mass is 96.1 g/mol. The Balaban J connectivity index is 2.12. The highest BCUT2D eigenvalue weighted by molar-refractivity contribution is 4.85. The molecular formula is C7H12. The predicted octanol–water partition coefficient (Wildman–Crippen LogP) is 2.21. The Morgan fingerprint density at radius 3 is 2.14 bits per heavy atom. The third-order valence-corrected chi connectivity index (χ3v) is 1.47. The van der Waals surface area contributed by atoms with Crippen molar-refractivity contribution < 1.29 is 0 Å². The van der Waals surface area contributed by atoms with Gasteiger partial charge in [0.1, 0.15) is 0 Å². The van der Waals surface area contributed by atoms with Crippen LogP contribution in [0.5, 0.6) is 0 Å². The fourth-order valence-electron chi connectivity index (χ4n) is 0.976. The van der Waals surface area contributed by atoms with Crippen molar-refractivity contribution in [3.63, 3.8) is 0 Å². The Labute approximate surface area is 45.9 Å². The smallest absolute Gasteiger partial charge is 0.0380 e. The molecule has 1 aliphatic carbocycles. The second-order valence-electron chi connectivity index (χ2n) is 2.39. The van der Waals surface area contributed by atoms with E-state index in [-0.39, 0.29) is 0 Å². The zero-order chi connectivity index (χ0) is 5.11. The van der Waals surface area contributed by atoms with Crippen LogP contribution in [0.1, 0.15) is 26.2 Å². The minimum absolute atomic E-state index is 0.925. The van der Waals surface area contributed by atoms with Crippen LogP contribution in [0.3, 0.4) is 0 Å². The van der Waals surface area contributed by atoms with E-state index in [1.807, 2.05) is 0 Å². The van der Waals surface area contributed by atoms with Crippen molar-refractivity contribution in [3.8, 4) is 0 Å². The van der Waals surface area contributed by atoms with Gasteiger partial charge in [-0.05, 0) is 38.0 Å². The zero-order valence-electron chi connectivity index (χ0n) is 4.85. The summed E-state index contributed by atoms with van der Waals surface area (Å²) in [4.78, 5) is 0. The summed E-state index contributed by atoms with van der Waals surface area (Å²) in [6, 6.07) is 0. The summed E-state index contributed by atoms with van der Waals surface area (Å²) in [6.07, 6.45) is 8.61. The summed E-state index contributed by atoms with van der Waals surface area (Å²) >= 11 is 0. The summed E-state index contributed by atoms with van der Waals surface area (Å²) in [7, 11) is 0.